The fraction of sp³-hybridized carbons (Fsp3) is 0.697. The van der Waals surface area contributed by atoms with Gasteiger partial charge in [-0.25, -0.2) is 9.37 Å². The Bertz CT molecular complexity index is 1990. The molecule has 0 saturated heterocycles. The quantitative estimate of drug-likeness (QED) is 0.0524. The molecular weight excluding hydrogens is 900 g/mol. The zero-order valence-corrected chi connectivity index (χ0v) is 50.5. The Labute approximate surface area is 449 Å². The van der Waals surface area contributed by atoms with Gasteiger partial charge < -0.3 is 10.2 Å². The van der Waals surface area contributed by atoms with Crippen molar-refractivity contribution in [2.45, 2.75) is 271 Å². The largest absolute Gasteiger partial charge is 0.338 e. The second-order valence-corrected chi connectivity index (χ2v) is 22.7. The van der Waals surface area contributed by atoms with Crippen LogP contribution in [0.15, 0.2) is 65.1 Å². The summed E-state index contributed by atoms with van der Waals surface area (Å²) in [6, 6.07) is 8.72. The predicted octanol–water partition coefficient (Wildman–Crippen LogP) is 20.9. The molecule has 0 spiro atoms. The Hall–Kier alpha value is -3.87. The Balaban J connectivity index is 0.000000777. The van der Waals surface area contributed by atoms with Crippen LogP contribution in [0.5, 0.6) is 0 Å². The fourth-order valence-corrected chi connectivity index (χ4v) is 10.2. The first-order chi connectivity index (χ1) is 34.8. The summed E-state index contributed by atoms with van der Waals surface area (Å²) in [5.41, 5.74) is 5.98. The van der Waals surface area contributed by atoms with E-state index in [1.54, 1.807) is 12.2 Å². The number of hydrogen-bond donors (Lipinski definition) is 1. The van der Waals surface area contributed by atoms with Crippen LogP contribution in [-0.4, -0.2) is 28.9 Å². The van der Waals surface area contributed by atoms with Gasteiger partial charge in [-0.15, -0.1) is 0 Å². The lowest BCUT2D eigenvalue weighted by Crippen LogP contribution is -2.50. The van der Waals surface area contributed by atoms with Crippen molar-refractivity contribution in [1.29, 1.82) is 0 Å². The highest BCUT2D eigenvalue weighted by Gasteiger charge is 2.53. The van der Waals surface area contributed by atoms with E-state index in [1.165, 1.54) is 63.9 Å². The summed E-state index contributed by atoms with van der Waals surface area (Å²) in [6.07, 6.45) is 31.9. The number of anilines is 2. The van der Waals surface area contributed by atoms with Gasteiger partial charge in [0.25, 0.3) is 0 Å². The number of benzene rings is 1. The van der Waals surface area contributed by atoms with Crippen LogP contribution in [0.25, 0.3) is 11.3 Å². The number of nitrogens with zero attached hydrogens (tertiary/aromatic N) is 3. The zero-order valence-electron chi connectivity index (χ0n) is 50.5. The molecule has 2 heterocycles. The number of Topliss-reactive ketones (excluding diaryl/α,β-unsaturated/α-hetero) is 1. The number of carbonyl (C=O) groups excluding carboxylic acids is 2. The lowest BCUT2D eigenvalue weighted by molar-refractivity contribution is -0.127. The smallest absolute Gasteiger partial charge is 0.237 e. The van der Waals surface area contributed by atoms with E-state index in [0.29, 0.717) is 34.5 Å². The van der Waals surface area contributed by atoms with Crippen LogP contribution < -0.4 is 10.2 Å². The second-order valence-electron chi connectivity index (χ2n) is 22.7. The van der Waals surface area contributed by atoms with Gasteiger partial charge in [-0.1, -0.05) is 206 Å². The van der Waals surface area contributed by atoms with Gasteiger partial charge in [-0.3, -0.25) is 14.6 Å². The Morgan fingerprint density at radius 3 is 2.03 bits per heavy atom. The number of halogens is 1. The first-order valence-corrected chi connectivity index (χ1v) is 29.8. The number of fused-ring (bicyclic) bond motifs is 1. The zero-order chi connectivity index (χ0) is 55.1. The number of hydrogen-bond acceptors (Lipinski definition) is 5. The molecule has 1 aromatic heterocycles. The van der Waals surface area contributed by atoms with Gasteiger partial charge in [0.1, 0.15) is 17.4 Å². The predicted molar refractivity (Wildman–Crippen MR) is 320 cm³/mol. The lowest BCUT2D eigenvalue weighted by atomic mass is 9.73. The van der Waals surface area contributed by atoms with Crippen LogP contribution >= 0.6 is 0 Å². The Morgan fingerprint density at radius 1 is 0.863 bits per heavy atom. The topological polar surface area (TPSA) is 74.7 Å². The molecule has 1 saturated carbocycles. The van der Waals surface area contributed by atoms with Crippen molar-refractivity contribution < 1.29 is 14.0 Å². The first-order valence-electron chi connectivity index (χ1n) is 29.8. The van der Waals surface area contributed by atoms with Gasteiger partial charge in [-0.05, 0) is 125 Å². The summed E-state index contributed by atoms with van der Waals surface area (Å²) in [5, 5.41) is 3.27. The summed E-state index contributed by atoms with van der Waals surface area (Å²) in [5.74, 6) is 3.15. The van der Waals surface area contributed by atoms with Crippen LogP contribution in [0.2, 0.25) is 0 Å². The number of pyridine rings is 1. The van der Waals surface area contributed by atoms with Crippen LogP contribution in [0.4, 0.5) is 21.6 Å². The van der Waals surface area contributed by atoms with E-state index < -0.39 is 5.41 Å². The summed E-state index contributed by atoms with van der Waals surface area (Å²) >= 11 is 0. The molecule has 0 bridgehead atoms. The van der Waals surface area contributed by atoms with Gasteiger partial charge in [0, 0.05) is 40.9 Å². The molecule has 7 heteroatoms. The number of amides is 1. The van der Waals surface area contributed by atoms with Crippen LogP contribution in [0, 0.1) is 36.0 Å². The molecule has 1 aliphatic heterocycles. The number of aliphatic imine (C=N–C) groups is 1. The molecule has 1 N–H and O–H groups in total. The minimum atomic E-state index is -0.465. The number of unbranched alkanes of at least 4 members (excludes halogenated alkanes) is 3. The molecule has 1 aromatic carbocycles. The molecule has 4 rings (SSSR count). The van der Waals surface area contributed by atoms with Crippen molar-refractivity contribution in [2.24, 2.45) is 34.1 Å². The van der Waals surface area contributed by atoms with Crippen molar-refractivity contribution >= 4 is 35.1 Å². The van der Waals surface area contributed by atoms with Gasteiger partial charge in [0.05, 0.1) is 22.5 Å². The first kappa shape index (κ1) is 67.1. The molecule has 6 nitrogen and oxygen atoms in total. The maximum Gasteiger partial charge on any atom is 0.237 e. The van der Waals surface area contributed by atoms with E-state index >= 15 is 4.39 Å². The molecule has 2 atom stereocenters. The molecule has 1 amide bonds. The van der Waals surface area contributed by atoms with E-state index in [1.807, 2.05) is 39.1 Å². The van der Waals surface area contributed by atoms with E-state index in [4.69, 9.17) is 9.98 Å². The normalized spacial score (nSPS) is 17.3. The highest BCUT2D eigenvalue weighted by molar-refractivity contribution is 6.09. The van der Waals surface area contributed by atoms with E-state index in [-0.39, 0.29) is 23.7 Å². The summed E-state index contributed by atoms with van der Waals surface area (Å²) in [7, 11) is 0. The molecule has 2 aliphatic rings. The van der Waals surface area contributed by atoms with Crippen molar-refractivity contribution in [1.82, 2.24) is 4.98 Å². The maximum absolute atomic E-state index is 15.2. The molecule has 2 aromatic rings. The SMILES string of the molecule is CC(C)C.CCCC(C)(C)CC.CCCCCCC(CCC)C(=O)C(C)CC.C\C=C/C(Nc1nc(-c2ccc3c(c2)N(C2CC(CCC)C2)C(=O)C3(CCC)CCC)cc(N=CCC)c1C)=C(F)\C=C\CC. The molecule has 73 heavy (non-hydrogen) atoms. The lowest BCUT2D eigenvalue weighted by Gasteiger charge is -2.42. The maximum atomic E-state index is 15.2. The van der Waals surface area contributed by atoms with Crippen molar-refractivity contribution in [3.63, 3.8) is 0 Å². The highest BCUT2D eigenvalue weighted by Crippen LogP contribution is 2.52. The third-order valence-electron chi connectivity index (χ3n) is 14.8. The number of aromatic nitrogens is 1. The molecule has 414 valence electrons. The minimum Gasteiger partial charge on any atom is -0.338 e. The van der Waals surface area contributed by atoms with E-state index in [2.05, 4.69) is 132 Å². The van der Waals surface area contributed by atoms with Crippen molar-refractivity contribution in [3.05, 3.63) is 71.2 Å². The molecule has 1 fully saturated rings. The Morgan fingerprint density at radius 2 is 1.52 bits per heavy atom. The number of carbonyl (C=O) groups is 2. The second kappa shape index (κ2) is 36.2. The van der Waals surface area contributed by atoms with E-state index in [9.17, 15) is 9.59 Å². The number of allylic oxidation sites excluding steroid dienone is 5. The highest BCUT2D eigenvalue weighted by atomic mass is 19.1. The number of ketones is 1. The number of nitrogens with one attached hydrogen (secondary N) is 1. The monoisotopic (exact) mass is 1010 g/mol. The molecule has 0 radical (unpaired) electrons. The van der Waals surface area contributed by atoms with Crippen molar-refractivity contribution in [2.75, 3.05) is 10.2 Å². The standard InChI is InChI=1S/C39H53FN4O.C15H30O.C8H18.C4H10/c1-8-14-17-32(40)33(16-10-3)42-37-27(7)34(41-22-13-6)26-35(43-37)29-18-19-31-36(25-29)44(30-23-28(24-30)15-9-2)38(45)39(31,20-11-4)21-12-5;1-5-8-9-10-12-14(11-6-2)15(16)13(4)7-3;1-5-7-8(3,4)6-2;1-4(2)3/h10,14,16-19,22,25-26,28,30H,8-9,11-13,15,20-21,23-24H2,1-7H3,(H,42,43);13-14H,5-12H2,1-4H3;5-7H2,1-4H3;4H,1-3H3/b16-10-,17-14+,33-32-,41-22?;;;. The van der Waals surface area contributed by atoms with Gasteiger partial charge in [0.2, 0.25) is 5.91 Å². The average molecular weight is 1010 g/mol. The van der Waals surface area contributed by atoms with Crippen LogP contribution in [0.1, 0.15) is 264 Å². The summed E-state index contributed by atoms with van der Waals surface area (Å²) < 4.78 is 15.2. The van der Waals surface area contributed by atoms with Gasteiger partial charge in [-0.2, -0.15) is 0 Å². The summed E-state index contributed by atoms with van der Waals surface area (Å²) in [6.45, 7) is 38.8. The third kappa shape index (κ3) is 21.7. The average Bonchev–Trinajstić information content (AvgIpc) is 3.57. The fourth-order valence-electron chi connectivity index (χ4n) is 10.2. The molecule has 1 aliphatic carbocycles. The molecule has 2 unspecified atom stereocenters. The van der Waals surface area contributed by atoms with Crippen molar-refractivity contribution in [3.8, 4) is 11.3 Å². The minimum absolute atomic E-state index is 0.249. The number of rotatable bonds is 28. The Kier molecular flexibility index (Phi) is 33.3. The summed E-state index contributed by atoms with van der Waals surface area (Å²) in [4.78, 5) is 38.5. The van der Waals surface area contributed by atoms with Gasteiger partial charge in [0.15, 0.2) is 0 Å². The third-order valence-corrected chi connectivity index (χ3v) is 14.8. The van der Waals surface area contributed by atoms with Crippen LogP contribution in [-0.2, 0) is 15.0 Å². The van der Waals surface area contributed by atoms with Crippen LogP contribution in [0.3, 0.4) is 0 Å². The van der Waals surface area contributed by atoms with E-state index in [0.717, 1.165) is 117 Å². The molecular formula is C66H111FN4O2. The van der Waals surface area contributed by atoms with Gasteiger partial charge >= 0.3 is 0 Å².